The van der Waals surface area contributed by atoms with Crippen LogP contribution in [0.4, 0.5) is 4.79 Å². The van der Waals surface area contributed by atoms with Gasteiger partial charge in [0.2, 0.25) is 5.91 Å². The maximum Gasteiger partial charge on any atom is 0.326 e. The number of imide groups is 1. The van der Waals surface area contributed by atoms with Crippen LogP contribution in [0.25, 0.3) is 0 Å². The van der Waals surface area contributed by atoms with Crippen LogP contribution in [0, 0.1) is 17.8 Å². The Morgan fingerprint density at radius 2 is 1.88 bits per heavy atom. The summed E-state index contributed by atoms with van der Waals surface area (Å²) in [5.74, 6) is 0.785. The predicted molar refractivity (Wildman–Crippen MR) is 125 cm³/mol. The number of nitrogens with zero attached hydrogens (tertiary/aromatic N) is 2. The molecule has 0 spiro atoms. The second kappa shape index (κ2) is 9.82. The fourth-order valence-electron chi connectivity index (χ4n) is 5.84. The number of benzene rings is 1. The number of hydrogen-bond acceptors (Lipinski definition) is 6. The Balaban J connectivity index is 1.60. The Kier molecular flexibility index (Phi) is 7.02. The van der Waals surface area contributed by atoms with E-state index in [0.717, 1.165) is 38.1 Å². The van der Waals surface area contributed by atoms with Gasteiger partial charge in [-0.25, -0.2) is 9.59 Å². The van der Waals surface area contributed by atoms with E-state index in [2.05, 4.69) is 36.2 Å². The molecule has 2 fully saturated rings. The van der Waals surface area contributed by atoms with Crippen LogP contribution in [-0.2, 0) is 16.0 Å². The lowest BCUT2D eigenvalue weighted by atomic mass is 9.74. The van der Waals surface area contributed by atoms with Crippen LogP contribution >= 0.6 is 0 Å². The Labute approximate surface area is 200 Å². The summed E-state index contributed by atoms with van der Waals surface area (Å²) in [5, 5.41) is 11.7. The van der Waals surface area contributed by atoms with Gasteiger partial charge >= 0.3 is 12.0 Å². The number of methoxy groups -OCH3 is 2. The summed E-state index contributed by atoms with van der Waals surface area (Å²) >= 11 is 0. The van der Waals surface area contributed by atoms with Gasteiger partial charge in [-0.05, 0) is 60.3 Å². The molecule has 3 amide bonds. The van der Waals surface area contributed by atoms with Crippen LogP contribution in [-0.4, -0.2) is 72.7 Å². The van der Waals surface area contributed by atoms with Crippen molar-refractivity contribution in [3.63, 3.8) is 0 Å². The fraction of sp³-hybridized carbons (Fsp3) is 0.640. The van der Waals surface area contributed by atoms with E-state index in [0.29, 0.717) is 24.1 Å². The molecule has 2 N–H and O–H groups in total. The zero-order valence-corrected chi connectivity index (χ0v) is 20.4. The zero-order valence-electron chi connectivity index (χ0n) is 20.4. The molecular weight excluding hydrogens is 438 g/mol. The molecule has 1 aromatic carbocycles. The van der Waals surface area contributed by atoms with Crippen molar-refractivity contribution in [3.8, 4) is 11.5 Å². The van der Waals surface area contributed by atoms with Crippen molar-refractivity contribution in [1.29, 1.82) is 0 Å². The highest BCUT2D eigenvalue weighted by atomic mass is 16.5. The standard InChI is InChI=1S/C25H35N3O6/c1-14(2)7-16-12-27-6-5-15-9-21(33-3)22(34-4)10-18(15)20(27)8-17(16)13-28-23(29)11-19(24(30)31)26-25(28)32/h9-10,14,16-17,19-20H,5-8,11-13H2,1-4H3,(H,26,32)(H,30,31)/t16-,17+,19+,20-/m1/s1. The van der Waals surface area contributed by atoms with Crippen molar-refractivity contribution in [2.75, 3.05) is 33.9 Å². The lowest BCUT2D eigenvalue weighted by Crippen LogP contribution is -2.59. The van der Waals surface area contributed by atoms with Gasteiger partial charge in [0, 0.05) is 25.7 Å². The summed E-state index contributed by atoms with van der Waals surface area (Å²) in [6, 6.07) is 2.55. The Morgan fingerprint density at radius 1 is 1.18 bits per heavy atom. The molecular formula is C25H35N3O6. The van der Waals surface area contributed by atoms with Gasteiger partial charge in [0.05, 0.1) is 20.6 Å². The Morgan fingerprint density at radius 3 is 2.50 bits per heavy atom. The van der Waals surface area contributed by atoms with Crippen LogP contribution in [0.2, 0.25) is 0 Å². The molecule has 0 saturated carbocycles. The number of carboxylic acid groups (broad SMARTS) is 1. The molecule has 186 valence electrons. The monoisotopic (exact) mass is 473 g/mol. The molecule has 3 aliphatic heterocycles. The summed E-state index contributed by atoms with van der Waals surface area (Å²) in [6.07, 6.45) is 2.56. The van der Waals surface area contributed by atoms with Crippen molar-refractivity contribution in [2.24, 2.45) is 17.8 Å². The SMILES string of the molecule is COc1cc2c(cc1OC)[C@H]1C[C@@H](CN3C(=O)C[C@@H](C(=O)O)NC3=O)[C@H](CC(C)C)CN1CC2. The molecule has 0 radical (unpaired) electrons. The van der Waals surface area contributed by atoms with Crippen molar-refractivity contribution >= 4 is 17.9 Å². The van der Waals surface area contributed by atoms with Crippen LogP contribution < -0.4 is 14.8 Å². The minimum atomic E-state index is -1.18. The first-order chi connectivity index (χ1) is 16.2. The first-order valence-electron chi connectivity index (χ1n) is 12.0. The van der Waals surface area contributed by atoms with Gasteiger partial charge in [-0.1, -0.05) is 13.8 Å². The molecule has 1 aromatic rings. The highest BCUT2D eigenvalue weighted by molar-refractivity contribution is 6.01. The van der Waals surface area contributed by atoms with Crippen molar-refractivity contribution in [1.82, 2.24) is 15.1 Å². The minimum absolute atomic E-state index is 0.124. The van der Waals surface area contributed by atoms with Gasteiger partial charge in [0.15, 0.2) is 11.5 Å². The van der Waals surface area contributed by atoms with Gasteiger partial charge in [0.1, 0.15) is 6.04 Å². The van der Waals surface area contributed by atoms with Gasteiger partial charge in [-0.15, -0.1) is 0 Å². The zero-order chi connectivity index (χ0) is 24.6. The van der Waals surface area contributed by atoms with Crippen molar-refractivity contribution in [3.05, 3.63) is 23.3 Å². The molecule has 34 heavy (non-hydrogen) atoms. The molecule has 0 aromatic heterocycles. The Hall–Kier alpha value is -2.81. The van der Waals surface area contributed by atoms with E-state index in [-0.39, 0.29) is 18.4 Å². The highest BCUT2D eigenvalue weighted by Gasteiger charge is 2.43. The van der Waals surface area contributed by atoms with Gasteiger partial charge in [-0.3, -0.25) is 14.6 Å². The fourth-order valence-corrected chi connectivity index (χ4v) is 5.84. The number of ether oxygens (including phenoxy) is 2. The summed E-state index contributed by atoms with van der Waals surface area (Å²) in [6.45, 7) is 6.56. The molecule has 9 heteroatoms. The first-order valence-corrected chi connectivity index (χ1v) is 12.0. The van der Waals surface area contributed by atoms with Gasteiger partial charge in [0.25, 0.3) is 0 Å². The molecule has 0 bridgehead atoms. The summed E-state index contributed by atoms with van der Waals surface area (Å²) in [7, 11) is 3.28. The number of hydrogen-bond donors (Lipinski definition) is 2. The van der Waals surface area contributed by atoms with E-state index in [9.17, 15) is 19.5 Å². The molecule has 0 aliphatic carbocycles. The topological polar surface area (TPSA) is 108 Å². The number of nitrogens with one attached hydrogen (secondary N) is 1. The molecule has 9 nitrogen and oxygen atoms in total. The molecule has 4 rings (SSSR count). The normalized spacial score (nSPS) is 27.1. The smallest absolute Gasteiger partial charge is 0.326 e. The molecule has 2 saturated heterocycles. The largest absolute Gasteiger partial charge is 0.493 e. The maximum atomic E-state index is 12.7. The van der Waals surface area contributed by atoms with Crippen molar-refractivity contribution < 1.29 is 29.0 Å². The van der Waals surface area contributed by atoms with Gasteiger partial charge < -0.3 is 19.9 Å². The second-order valence-corrected chi connectivity index (χ2v) is 10.1. The van der Waals surface area contributed by atoms with E-state index in [1.807, 2.05) is 0 Å². The number of amides is 3. The average molecular weight is 474 g/mol. The van der Waals surface area contributed by atoms with Crippen LogP contribution in [0.1, 0.15) is 50.3 Å². The van der Waals surface area contributed by atoms with E-state index < -0.39 is 23.9 Å². The average Bonchev–Trinajstić information content (AvgIpc) is 2.79. The van der Waals surface area contributed by atoms with Crippen molar-refractivity contribution in [2.45, 2.75) is 51.6 Å². The molecule has 4 atom stereocenters. The van der Waals surface area contributed by atoms with E-state index in [1.54, 1.807) is 14.2 Å². The summed E-state index contributed by atoms with van der Waals surface area (Å²) < 4.78 is 11.1. The maximum absolute atomic E-state index is 12.7. The van der Waals surface area contributed by atoms with E-state index in [1.165, 1.54) is 16.0 Å². The molecule has 3 aliphatic rings. The number of fused-ring (bicyclic) bond motifs is 3. The quantitative estimate of drug-likeness (QED) is 0.627. The van der Waals surface area contributed by atoms with Crippen LogP contribution in [0.3, 0.4) is 0 Å². The first kappa shape index (κ1) is 24.3. The second-order valence-electron chi connectivity index (χ2n) is 10.1. The van der Waals surface area contributed by atoms with Crippen LogP contribution in [0.15, 0.2) is 12.1 Å². The number of urea groups is 1. The number of piperidine rings is 1. The summed E-state index contributed by atoms with van der Waals surface area (Å²) in [5.41, 5.74) is 2.47. The van der Waals surface area contributed by atoms with E-state index in [4.69, 9.17) is 9.47 Å². The third-order valence-electron chi connectivity index (χ3n) is 7.49. The number of carboxylic acids is 1. The minimum Gasteiger partial charge on any atom is -0.493 e. The lowest BCUT2D eigenvalue weighted by molar-refractivity contribution is -0.144. The highest BCUT2D eigenvalue weighted by Crippen LogP contribution is 2.45. The molecule has 3 heterocycles. The van der Waals surface area contributed by atoms with Crippen LogP contribution in [0.5, 0.6) is 11.5 Å². The number of carbonyl (C=O) groups is 3. The Bertz CT molecular complexity index is 946. The third-order valence-corrected chi connectivity index (χ3v) is 7.49. The van der Waals surface area contributed by atoms with Gasteiger partial charge in [-0.2, -0.15) is 0 Å². The predicted octanol–water partition coefficient (Wildman–Crippen LogP) is 2.68. The third kappa shape index (κ3) is 4.71. The number of rotatable bonds is 7. The van der Waals surface area contributed by atoms with E-state index >= 15 is 0 Å². The molecule has 0 unspecified atom stereocenters. The lowest BCUT2D eigenvalue weighted by Gasteiger charge is -2.48. The summed E-state index contributed by atoms with van der Waals surface area (Å²) in [4.78, 5) is 40.4. The number of aliphatic carboxylic acids is 1. The number of carbonyl (C=O) groups excluding carboxylic acids is 2.